The topological polar surface area (TPSA) is 46.2 Å². The van der Waals surface area contributed by atoms with Gasteiger partial charge in [-0.3, -0.25) is 0 Å². The molecular formula is C12H17NO. The summed E-state index contributed by atoms with van der Waals surface area (Å²) in [5, 5.41) is 10.5. The average Bonchev–Trinajstić information content (AvgIpc) is 2.24. The average molecular weight is 191 g/mol. The van der Waals surface area contributed by atoms with E-state index < -0.39 is 5.60 Å². The number of nitrogens with two attached hydrogens (primary N) is 1. The van der Waals surface area contributed by atoms with Crippen LogP contribution in [0.1, 0.15) is 31.2 Å². The Bertz CT molecular complexity index is 298. The van der Waals surface area contributed by atoms with Gasteiger partial charge in [-0.15, -0.1) is 0 Å². The Morgan fingerprint density at radius 1 is 1.21 bits per heavy atom. The summed E-state index contributed by atoms with van der Waals surface area (Å²) in [5.41, 5.74) is 6.17. The molecule has 0 aliphatic heterocycles. The largest absolute Gasteiger partial charge is 0.384 e. The number of rotatable bonds is 1. The van der Waals surface area contributed by atoms with E-state index in [9.17, 15) is 5.11 Å². The van der Waals surface area contributed by atoms with Crippen LogP contribution < -0.4 is 5.73 Å². The number of hydrogen-bond donors (Lipinski definition) is 2. The molecule has 1 fully saturated rings. The molecular weight excluding hydrogens is 174 g/mol. The van der Waals surface area contributed by atoms with Crippen LogP contribution in [0, 0.1) is 0 Å². The summed E-state index contributed by atoms with van der Waals surface area (Å²) in [5.74, 6) is 0. The highest BCUT2D eigenvalue weighted by molar-refractivity contribution is 5.24. The standard InChI is InChI=1S/C12H17NO/c13-11-8-4-5-9-12(11,14)10-6-2-1-3-7-10/h1-3,6-7,11,14H,4-5,8-9,13H2/t11-,12+/m1/s1. The van der Waals surface area contributed by atoms with Gasteiger partial charge in [0.15, 0.2) is 0 Å². The molecule has 2 atom stereocenters. The van der Waals surface area contributed by atoms with Crippen molar-refractivity contribution in [2.24, 2.45) is 5.73 Å². The van der Waals surface area contributed by atoms with Crippen LogP contribution in [0.2, 0.25) is 0 Å². The summed E-state index contributed by atoms with van der Waals surface area (Å²) in [7, 11) is 0. The van der Waals surface area contributed by atoms with Gasteiger partial charge in [-0.25, -0.2) is 0 Å². The van der Waals surface area contributed by atoms with Crippen molar-refractivity contribution in [1.82, 2.24) is 0 Å². The van der Waals surface area contributed by atoms with Gasteiger partial charge >= 0.3 is 0 Å². The zero-order valence-electron chi connectivity index (χ0n) is 8.32. The van der Waals surface area contributed by atoms with Crippen molar-refractivity contribution in [2.45, 2.75) is 37.3 Å². The van der Waals surface area contributed by atoms with E-state index in [-0.39, 0.29) is 6.04 Å². The van der Waals surface area contributed by atoms with Gasteiger partial charge in [0.2, 0.25) is 0 Å². The van der Waals surface area contributed by atoms with E-state index in [2.05, 4.69) is 0 Å². The maximum atomic E-state index is 10.5. The molecule has 1 aromatic carbocycles. The number of hydrogen-bond acceptors (Lipinski definition) is 2. The van der Waals surface area contributed by atoms with E-state index in [0.717, 1.165) is 31.2 Å². The van der Waals surface area contributed by atoms with Crippen molar-refractivity contribution in [3.8, 4) is 0 Å². The zero-order valence-corrected chi connectivity index (χ0v) is 8.32. The molecule has 76 valence electrons. The third kappa shape index (κ3) is 1.56. The SMILES string of the molecule is N[C@@H]1CCCC[C@]1(O)c1ccccc1. The highest BCUT2D eigenvalue weighted by Crippen LogP contribution is 2.35. The van der Waals surface area contributed by atoms with E-state index >= 15 is 0 Å². The fourth-order valence-electron chi connectivity index (χ4n) is 2.27. The van der Waals surface area contributed by atoms with Gasteiger partial charge in [0.05, 0.1) is 0 Å². The molecule has 0 saturated heterocycles. The summed E-state index contributed by atoms with van der Waals surface area (Å²) >= 11 is 0. The lowest BCUT2D eigenvalue weighted by Crippen LogP contribution is -2.47. The molecule has 1 aliphatic carbocycles. The third-order valence-corrected chi connectivity index (χ3v) is 3.21. The summed E-state index contributed by atoms with van der Waals surface area (Å²) in [6.45, 7) is 0. The first-order valence-electron chi connectivity index (χ1n) is 5.27. The highest BCUT2D eigenvalue weighted by Gasteiger charge is 2.37. The van der Waals surface area contributed by atoms with E-state index in [0.29, 0.717) is 0 Å². The van der Waals surface area contributed by atoms with Crippen LogP contribution in [-0.4, -0.2) is 11.1 Å². The Morgan fingerprint density at radius 2 is 1.93 bits per heavy atom. The minimum Gasteiger partial charge on any atom is -0.384 e. The predicted molar refractivity (Wildman–Crippen MR) is 56.8 cm³/mol. The smallest absolute Gasteiger partial charge is 0.105 e. The van der Waals surface area contributed by atoms with Gasteiger partial charge in [-0.05, 0) is 18.4 Å². The Labute approximate surface area is 84.7 Å². The molecule has 0 spiro atoms. The Morgan fingerprint density at radius 3 is 2.57 bits per heavy atom. The lowest BCUT2D eigenvalue weighted by molar-refractivity contribution is -0.0193. The second-order valence-corrected chi connectivity index (χ2v) is 4.14. The second-order valence-electron chi connectivity index (χ2n) is 4.14. The molecule has 3 N–H and O–H groups in total. The van der Waals surface area contributed by atoms with Crippen LogP contribution in [0.5, 0.6) is 0 Å². The molecule has 2 heteroatoms. The van der Waals surface area contributed by atoms with Gasteiger partial charge in [0, 0.05) is 6.04 Å². The maximum Gasteiger partial charge on any atom is 0.105 e. The van der Waals surface area contributed by atoms with Crippen LogP contribution in [0.4, 0.5) is 0 Å². The summed E-state index contributed by atoms with van der Waals surface area (Å²) in [6.07, 6.45) is 3.92. The fourth-order valence-corrected chi connectivity index (χ4v) is 2.27. The molecule has 1 aromatic rings. The third-order valence-electron chi connectivity index (χ3n) is 3.21. The van der Waals surface area contributed by atoms with Crippen LogP contribution in [0.25, 0.3) is 0 Å². The van der Waals surface area contributed by atoms with Gasteiger partial charge < -0.3 is 10.8 Å². The minimum absolute atomic E-state index is 0.112. The van der Waals surface area contributed by atoms with E-state index in [1.54, 1.807) is 0 Å². The molecule has 14 heavy (non-hydrogen) atoms. The first-order valence-corrected chi connectivity index (χ1v) is 5.27. The molecule has 0 heterocycles. The van der Waals surface area contributed by atoms with Crippen molar-refractivity contribution < 1.29 is 5.11 Å². The Balaban J connectivity index is 2.30. The molecule has 0 unspecified atom stereocenters. The Kier molecular flexibility index (Phi) is 2.57. The maximum absolute atomic E-state index is 10.5. The lowest BCUT2D eigenvalue weighted by atomic mass is 9.76. The van der Waals surface area contributed by atoms with Crippen molar-refractivity contribution >= 4 is 0 Å². The summed E-state index contributed by atoms with van der Waals surface area (Å²) < 4.78 is 0. The fraction of sp³-hybridized carbons (Fsp3) is 0.500. The van der Waals surface area contributed by atoms with Gasteiger partial charge in [-0.1, -0.05) is 43.2 Å². The van der Waals surface area contributed by atoms with Crippen molar-refractivity contribution in [3.63, 3.8) is 0 Å². The van der Waals surface area contributed by atoms with Crippen LogP contribution in [-0.2, 0) is 5.60 Å². The van der Waals surface area contributed by atoms with Crippen LogP contribution in [0.15, 0.2) is 30.3 Å². The van der Waals surface area contributed by atoms with Crippen molar-refractivity contribution in [1.29, 1.82) is 0 Å². The lowest BCUT2D eigenvalue weighted by Gasteiger charge is -2.38. The van der Waals surface area contributed by atoms with Crippen molar-refractivity contribution in [3.05, 3.63) is 35.9 Å². The summed E-state index contributed by atoms with van der Waals surface area (Å²) in [6, 6.07) is 9.68. The molecule has 1 aliphatic rings. The molecule has 2 rings (SSSR count). The Hall–Kier alpha value is -0.860. The molecule has 0 bridgehead atoms. The van der Waals surface area contributed by atoms with Crippen molar-refractivity contribution in [2.75, 3.05) is 0 Å². The normalized spacial score (nSPS) is 32.9. The first kappa shape index (κ1) is 9.69. The van der Waals surface area contributed by atoms with Crippen LogP contribution in [0.3, 0.4) is 0 Å². The number of benzene rings is 1. The predicted octanol–water partition coefficient (Wildman–Crippen LogP) is 1.78. The van der Waals surface area contributed by atoms with Crippen LogP contribution >= 0.6 is 0 Å². The van der Waals surface area contributed by atoms with Gasteiger partial charge in [-0.2, -0.15) is 0 Å². The second kappa shape index (κ2) is 3.71. The summed E-state index contributed by atoms with van der Waals surface area (Å²) in [4.78, 5) is 0. The quantitative estimate of drug-likeness (QED) is 0.710. The monoisotopic (exact) mass is 191 g/mol. The molecule has 0 radical (unpaired) electrons. The highest BCUT2D eigenvalue weighted by atomic mass is 16.3. The molecule has 1 saturated carbocycles. The van der Waals surface area contributed by atoms with E-state index in [1.807, 2.05) is 30.3 Å². The van der Waals surface area contributed by atoms with E-state index in [1.165, 1.54) is 0 Å². The van der Waals surface area contributed by atoms with Gasteiger partial charge in [0.1, 0.15) is 5.60 Å². The number of aliphatic hydroxyl groups is 1. The minimum atomic E-state index is -0.792. The molecule has 0 amide bonds. The van der Waals surface area contributed by atoms with Gasteiger partial charge in [0.25, 0.3) is 0 Å². The zero-order chi connectivity index (χ0) is 10.0. The first-order chi connectivity index (χ1) is 6.73. The van der Waals surface area contributed by atoms with E-state index in [4.69, 9.17) is 5.73 Å². The molecule has 2 nitrogen and oxygen atoms in total. The molecule has 0 aromatic heterocycles.